The van der Waals surface area contributed by atoms with Crippen molar-refractivity contribution in [3.05, 3.63) is 23.8 Å². The van der Waals surface area contributed by atoms with Crippen molar-refractivity contribution in [1.29, 1.82) is 0 Å². The highest BCUT2D eigenvalue weighted by molar-refractivity contribution is 8.01. The van der Waals surface area contributed by atoms with Crippen LogP contribution in [-0.2, 0) is 20.6 Å². The Balaban J connectivity index is 1.24. The highest BCUT2D eigenvalue weighted by Gasteiger charge is 2.52. The summed E-state index contributed by atoms with van der Waals surface area (Å²) in [5, 5.41) is 7.13. The first kappa shape index (κ1) is 23.4. The van der Waals surface area contributed by atoms with Gasteiger partial charge < -0.3 is 16.0 Å². The average molecular weight is 485 g/mol. The van der Waals surface area contributed by atoms with E-state index in [1.807, 2.05) is 0 Å². The van der Waals surface area contributed by atoms with Crippen LogP contribution in [0.1, 0.15) is 44.1 Å². The number of hydrogen-bond donors (Lipinski definition) is 3. The van der Waals surface area contributed by atoms with Crippen molar-refractivity contribution in [3.8, 4) is 0 Å². The van der Waals surface area contributed by atoms with Crippen molar-refractivity contribution < 1.29 is 32.3 Å². The molecule has 1 saturated heterocycles. The van der Waals surface area contributed by atoms with Crippen molar-refractivity contribution in [2.75, 3.05) is 18.4 Å². The lowest BCUT2D eigenvalue weighted by molar-refractivity contribution is -0.137. The van der Waals surface area contributed by atoms with Crippen LogP contribution < -0.4 is 16.0 Å². The van der Waals surface area contributed by atoms with Crippen LogP contribution in [0.25, 0.3) is 0 Å². The summed E-state index contributed by atoms with van der Waals surface area (Å²) in [4.78, 5) is 50.9. The SMILES string of the molecule is O=C(CC1Sc2ccc(C(F)(F)F)cc2NC1=O)NCCCN1C(=O)NC2(CCCC2)C1=O. The molecule has 0 radical (unpaired) electrons. The summed E-state index contributed by atoms with van der Waals surface area (Å²) < 4.78 is 38.6. The van der Waals surface area contributed by atoms with Crippen LogP contribution in [0, 0.1) is 0 Å². The molecule has 2 fully saturated rings. The van der Waals surface area contributed by atoms with E-state index in [0.717, 1.165) is 36.7 Å². The number of nitrogens with one attached hydrogen (secondary N) is 3. The van der Waals surface area contributed by atoms with Gasteiger partial charge in [0, 0.05) is 24.4 Å². The van der Waals surface area contributed by atoms with Crippen LogP contribution in [0.5, 0.6) is 0 Å². The molecule has 33 heavy (non-hydrogen) atoms. The number of amides is 5. The molecule has 1 aromatic rings. The first-order valence-electron chi connectivity index (χ1n) is 10.7. The van der Waals surface area contributed by atoms with Crippen LogP contribution in [-0.4, -0.2) is 52.5 Å². The number of benzene rings is 1. The molecule has 1 aromatic carbocycles. The normalized spacial score (nSPS) is 21.7. The lowest BCUT2D eigenvalue weighted by atomic mass is 9.98. The van der Waals surface area contributed by atoms with Crippen LogP contribution >= 0.6 is 11.8 Å². The summed E-state index contributed by atoms with van der Waals surface area (Å²) in [6.07, 6.45) is -1.21. The lowest BCUT2D eigenvalue weighted by Gasteiger charge is -2.24. The highest BCUT2D eigenvalue weighted by atomic mass is 32.2. The Kier molecular flexibility index (Phi) is 6.30. The summed E-state index contributed by atoms with van der Waals surface area (Å²) in [7, 11) is 0. The Hall–Kier alpha value is -2.76. The third-order valence-corrected chi connectivity index (χ3v) is 7.36. The number of halogens is 3. The van der Waals surface area contributed by atoms with E-state index < -0.39 is 40.4 Å². The molecule has 3 aliphatic rings. The molecule has 1 aliphatic carbocycles. The van der Waals surface area contributed by atoms with Gasteiger partial charge in [0.25, 0.3) is 5.91 Å². The third kappa shape index (κ3) is 4.80. The number of imide groups is 1. The van der Waals surface area contributed by atoms with Gasteiger partial charge in [-0.15, -0.1) is 11.8 Å². The van der Waals surface area contributed by atoms with Crippen LogP contribution in [0.4, 0.5) is 23.7 Å². The van der Waals surface area contributed by atoms with Gasteiger partial charge in [0.05, 0.1) is 16.5 Å². The molecule has 8 nitrogen and oxygen atoms in total. The maximum Gasteiger partial charge on any atom is 0.416 e. The van der Waals surface area contributed by atoms with E-state index in [9.17, 15) is 32.3 Å². The van der Waals surface area contributed by atoms with Crippen molar-refractivity contribution in [3.63, 3.8) is 0 Å². The quantitative estimate of drug-likeness (QED) is 0.425. The van der Waals surface area contributed by atoms with E-state index in [0.29, 0.717) is 24.2 Å². The van der Waals surface area contributed by atoms with Gasteiger partial charge in [-0.3, -0.25) is 19.3 Å². The Labute approximate surface area is 192 Å². The van der Waals surface area contributed by atoms with E-state index in [4.69, 9.17) is 0 Å². The predicted molar refractivity (Wildman–Crippen MR) is 113 cm³/mol. The maximum atomic E-state index is 12.9. The standard InChI is InChI=1S/C21H23F3N4O4S/c22-21(23,24)12-4-5-14-13(10-12)26-17(30)15(33-14)11-16(29)25-8-3-9-28-18(31)20(27-19(28)32)6-1-2-7-20/h4-5,10,15H,1-3,6-9,11H2,(H,25,29)(H,26,30)(H,27,32). The Morgan fingerprint density at radius 2 is 1.94 bits per heavy atom. The fourth-order valence-electron chi connectivity index (χ4n) is 4.36. The lowest BCUT2D eigenvalue weighted by Crippen LogP contribution is -2.44. The number of carbonyl (C=O) groups excluding carboxylic acids is 4. The number of hydrogen-bond acceptors (Lipinski definition) is 5. The molecule has 178 valence electrons. The van der Waals surface area contributed by atoms with Crippen molar-refractivity contribution in [2.24, 2.45) is 0 Å². The van der Waals surface area contributed by atoms with Gasteiger partial charge in [-0.2, -0.15) is 13.2 Å². The molecule has 3 N–H and O–H groups in total. The van der Waals surface area contributed by atoms with Crippen LogP contribution in [0.15, 0.2) is 23.1 Å². The fourth-order valence-corrected chi connectivity index (χ4v) is 5.45. The second-order valence-corrected chi connectivity index (χ2v) is 9.63. The molecule has 12 heteroatoms. The maximum absolute atomic E-state index is 12.9. The van der Waals surface area contributed by atoms with Gasteiger partial charge in [0.1, 0.15) is 5.54 Å². The number of rotatable bonds is 6. The summed E-state index contributed by atoms with van der Waals surface area (Å²) in [6.45, 7) is 0.397. The topological polar surface area (TPSA) is 108 Å². The molecule has 1 saturated carbocycles. The summed E-state index contributed by atoms with van der Waals surface area (Å²) in [6, 6.07) is 2.69. The number of urea groups is 1. The number of carbonyl (C=O) groups is 4. The van der Waals surface area contributed by atoms with Gasteiger partial charge in [-0.25, -0.2) is 4.79 Å². The zero-order valence-electron chi connectivity index (χ0n) is 17.6. The molecular weight excluding hydrogens is 461 g/mol. The molecule has 1 spiro atoms. The molecule has 0 bridgehead atoms. The number of anilines is 1. The molecule has 2 heterocycles. The highest BCUT2D eigenvalue weighted by Crippen LogP contribution is 2.40. The Bertz CT molecular complexity index is 994. The van der Waals surface area contributed by atoms with Gasteiger partial charge in [-0.05, 0) is 37.5 Å². The Morgan fingerprint density at radius 1 is 1.21 bits per heavy atom. The smallest absolute Gasteiger partial charge is 0.356 e. The Morgan fingerprint density at radius 3 is 2.64 bits per heavy atom. The molecule has 2 aliphatic heterocycles. The molecule has 4 rings (SSSR count). The first-order valence-corrected chi connectivity index (χ1v) is 11.6. The first-order chi connectivity index (χ1) is 15.6. The van der Waals surface area contributed by atoms with Gasteiger partial charge in [0.2, 0.25) is 11.8 Å². The summed E-state index contributed by atoms with van der Waals surface area (Å²) >= 11 is 1.04. The number of nitrogens with zero attached hydrogens (tertiary/aromatic N) is 1. The molecular formula is C21H23F3N4O4S. The van der Waals surface area contributed by atoms with E-state index in [1.54, 1.807) is 0 Å². The van der Waals surface area contributed by atoms with E-state index in [-0.39, 0.29) is 31.1 Å². The van der Waals surface area contributed by atoms with Crippen molar-refractivity contribution >= 4 is 41.2 Å². The van der Waals surface area contributed by atoms with Crippen LogP contribution in [0.2, 0.25) is 0 Å². The minimum atomic E-state index is -4.51. The van der Waals surface area contributed by atoms with Crippen molar-refractivity contribution in [2.45, 2.75) is 60.4 Å². The zero-order chi connectivity index (χ0) is 23.8. The van der Waals surface area contributed by atoms with Crippen LogP contribution in [0.3, 0.4) is 0 Å². The molecule has 1 unspecified atom stereocenters. The van der Waals surface area contributed by atoms with Crippen molar-refractivity contribution in [1.82, 2.24) is 15.5 Å². The fraction of sp³-hybridized carbons (Fsp3) is 0.524. The predicted octanol–water partition coefficient (Wildman–Crippen LogP) is 2.88. The minimum Gasteiger partial charge on any atom is -0.356 e. The number of alkyl halides is 3. The number of fused-ring (bicyclic) bond motifs is 1. The zero-order valence-corrected chi connectivity index (χ0v) is 18.4. The number of thioether (sulfide) groups is 1. The summed E-state index contributed by atoms with van der Waals surface area (Å²) in [5.74, 6) is -1.15. The average Bonchev–Trinajstić information content (AvgIpc) is 3.30. The largest absolute Gasteiger partial charge is 0.416 e. The van der Waals surface area contributed by atoms with Gasteiger partial charge in [0.15, 0.2) is 0 Å². The molecule has 0 aromatic heterocycles. The second kappa shape index (κ2) is 8.88. The van der Waals surface area contributed by atoms with E-state index in [1.165, 1.54) is 11.0 Å². The molecule has 5 amide bonds. The van der Waals surface area contributed by atoms with E-state index >= 15 is 0 Å². The van der Waals surface area contributed by atoms with E-state index in [2.05, 4.69) is 16.0 Å². The second-order valence-electron chi connectivity index (χ2n) is 8.39. The van der Waals surface area contributed by atoms with Gasteiger partial charge >= 0.3 is 12.2 Å². The summed E-state index contributed by atoms with van der Waals surface area (Å²) in [5.41, 5.74) is -1.55. The molecule has 1 atom stereocenters. The minimum absolute atomic E-state index is 0.0741. The monoisotopic (exact) mass is 484 g/mol. The van der Waals surface area contributed by atoms with Gasteiger partial charge in [-0.1, -0.05) is 12.8 Å². The third-order valence-electron chi connectivity index (χ3n) is 6.08.